The third-order valence-corrected chi connectivity index (χ3v) is 0.661. The van der Waals surface area contributed by atoms with Gasteiger partial charge in [0.05, 0.1) is 13.7 Å². The summed E-state index contributed by atoms with van der Waals surface area (Å²) in [5.41, 5.74) is 0. The van der Waals surface area contributed by atoms with Crippen molar-refractivity contribution in [3.63, 3.8) is 0 Å². The number of hydroxylamine groups is 1. The summed E-state index contributed by atoms with van der Waals surface area (Å²) in [6.07, 6.45) is 1.57. The molecule has 0 aromatic carbocycles. The zero-order valence-electron chi connectivity index (χ0n) is 5.41. The Morgan fingerprint density at radius 1 is 1.89 bits per heavy atom. The Balaban J connectivity index is 3.17. The van der Waals surface area contributed by atoms with Crippen LogP contribution in [0.2, 0.25) is 0 Å². The van der Waals surface area contributed by atoms with E-state index in [1.807, 2.05) is 0 Å². The summed E-state index contributed by atoms with van der Waals surface area (Å²) < 4.78 is 4.74. The third kappa shape index (κ3) is 4.96. The number of hydrogen-bond donors (Lipinski definition) is 0. The highest BCUT2D eigenvalue weighted by molar-refractivity contribution is 4.62. The molecule has 0 spiro atoms. The lowest BCUT2D eigenvalue weighted by Crippen LogP contribution is -2.06. The van der Waals surface area contributed by atoms with E-state index in [0.29, 0.717) is 11.5 Å². The van der Waals surface area contributed by atoms with Gasteiger partial charge in [0.25, 0.3) is 6.73 Å². The minimum Gasteiger partial charge on any atom is -0.598 e. The smallest absolute Gasteiger partial charge is 0.284 e. The van der Waals surface area contributed by atoms with Crippen molar-refractivity contribution in [2.45, 2.75) is 0 Å². The van der Waals surface area contributed by atoms with Gasteiger partial charge in [-0.3, -0.25) is 0 Å². The first kappa shape index (κ1) is 8.10. The molecular formula is C5H10N2O2. The molecule has 0 bridgehead atoms. The Hall–Kier alpha value is -0.900. The van der Waals surface area contributed by atoms with Crippen LogP contribution in [0.4, 0.5) is 0 Å². The van der Waals surface area contributed by atoms with E-state index in [9.17, 15) is 5.21 Å². The molecule has 0 N–H and O–H groups in total. The Morgan fingerprint density at radius 3 is 3.00 bits per heavy atom. The second kappa shape index (κ2) is 5.24. The van der Waals surface area contributed by atoms with Gasteiger partial charge in [-0.1, -0.05) is 10.9 Å². The molecular weight excluding hydrogens is 120 g/mol. The van der Waals surface area contributed by atoms with Gasteiger partial charge in [0.1, 0.15) is 0 Å². The summed E-state index contributed by atoms with van der Waals surface area (Å²) >= 11 is 0. The normalized spacial score (nSPS) is 11.4. The maximum absolute atomic E-state index is 10.3. The maximum atomic E-state index is 10.3. The molecule has 0 aliphatic carbocycles. The number of rotatable bonds is 4. The Morgan fingerprint density at radius 2 is 2.56 bits per heavy atom. The topological polar surface area (TPSA) is 47.7 Å². The van der Waals surface area contributed by atoms with E-state index >= 15 is 0 Å². The van der Waals surface area contributed by atoms with Crippen molar-refractivity contribution in [2.24, 2.45) is 5.11 Å². The average Bonchev–Trinajstić information content (AvgIpc) is 1.89. The van der Waals surface area contributed by atoms with Crippen LogP contribution in [0.5, 0.6) is 0 Å². The molecule has 0 atom stereocenters. The summed E-state index contributed by atoms with van der Waals surface area (Å²) in [7, 11) is 1.41. The number of ether oxygens (including phenoxy) is 1. The standard InChI is InChI=1S/C5H10N2O2/c1-3-4-9-5-7(8)6-2/h3H,1,4-5H2,2H3. The molecule has 52 valence electrons. The molecule has 0 radical (unpaired) electrons. The molecule has 0 saturated heterocycles. The van der Waals surface area contributed by atoms with E-state index in [-0.39, 0.29) is 6.73 Å². The largest absolute Gasteiger partial charge is 0.598 e. The zero-order valence-corrected chi connectivity index (χ0v) is 5.41. The average molecular weight is 130 g/mol. The zero-order chi connectivity index (χ0) is 7.11. The minimum absolute atomic E-state index is 0.0253. The van der Waals surface area contributed by atoms with E-state index in [2.05, 4.69) is 11.7 Å². The van der Waals surface area contributed by atoms with Crippen molar-refractivity contribution in [3.8, 4) is 0 Å². The second-order valence-electron chi connectivity index (χ2n) is 1.34. The summed E-state index contributed by atoms with van der Waals surface area (Å²) in [6, 6.07) is 0. The van der Waals surface area contributed by atoms with E-state index in [0.717, 1.165) is 0 Å². The van der Waals surface area contributed by atoms with E-state index in [4.69, 9.17) is 4.74 Å². The van der Waals surface area contributed by atoms with Crippen LogP contribution in [0.25, 0.3) is 0 Å². The van der Waals surface area contributed by atoms with Crippen LogP contribution in [0.3, 0.4) is 0 Å². The van der Waals surface area contributed by atoms with Crippen LogP contribution in [0.15, 0.2) is 17.8 Å². The SMILES string of the molecule is C=CCOC[N+]([O-])=NC. The first-order valence-electron chi connectivity index (χ1n) is 2.54. The first-order chi connectivity index (χ1) is 4.31. The van der Waals surface area contributed by atoms with Crippen LogP contribution in [0, 0.1) is 5.21 Å². The molecule has 0 amide bonds. The lowest BCUT2D eigenvalue weighted by molar-refractivity contribution is -0.568. The Bertz CT molecular complexity index is 112. The third-order valence-electron chi connectivity index (χ3n) is 0.661. The molecule has 0 aliphatic rings. The van der Waals surface area contributed by atoms with Gasteiger partial charge in [-0.05, 0) is 5.11 Å². The fourth-order valence-corrected chi connectivity index (χ4v) is 0.272. The molecule has 0 aliphatic heterocycles. The molecule has 0 rings (SSSR count). The predicted molar refractivity (Wildman–Crippen MR) is 33.0 cm³/mol. The molecule has 9 heavy (non-hydrogen) atoms. The van der Waals surface area contributed by atoms with Gasteiger partial charge in [0.15, 0.2) is 0 Å². The van der Waals surface area contributed by atoms with E-state index in [1.54, 1.807) is 6.08 Å². The van der Waals surface area contributed by atoms with E-state index < -0.39 is 0 Å². The molecule has 0 aromatic heterocycles. The number of azo groups is 1. The van der Waals surface area contributed by atoms with Gasteiger partial charge >= 0.3 is 0 Å². The molecule has 0 fully saturated rings. The lowest BCUT2D eigenvalue weighted by Gasteiger charge is -1.97. The molecule has 0 unspecified atom stereocenters. The van der Waals surface area contributed by atoms with Gasteiger partial charge in [-0.15, -0.1) is 6.58 Å². The fourth-order valence-electron chi connectivity index (χ4n) is 0.272. The molecule has 0 aromatic rings. The predicted octanol–water partition coefficient (Wildman–Crippen LogP) is 0.739. The van der Waals surface area contributed by atoms with Crippen molar-refractivity contribution in [3.05, 3.63) is 17.9 Å². The van der Waals surface area contributed by atoms with Crippen LogP contribution in [0.1, 0.15) is 0 Å². The minimum atomic E-state index is -0.0253. The summed E-state index contributed by atoms with van der Waals surface area (Å²) in [5.74, 6) is 0. The second-order valence-corrected chi connectivity index (χ2v) is 1.34. The summed E-state index contributed by atoms with van der Waals surface area (Å²) in [5, 5.41) is 13.6. The fraction of sp³-hybridized carbons (Fsp3) is 0.600. The van der Waals surface area contributed by atoms with Crippen LogP contribution in [-0.4, -0.2) is 25.2 Å². The van der Waals surface area contributed by atoms with Crippen molar-refractivity contribution in [1.29, 1.82) is 0 Å². The quantitative estimate of drug-likeness (QED) is 0.141. The van der Waals surface area contributed by atoms with Crippen LogP contribution >= 0.6 is 0 Å². The molecule has 0 saturated carbocycles. The Labute approximate surface area is 54.0 Å². The Kier molecular flexibility index (Phi) is 4.72. The summed E-state index contributed by atoms with van der Waals surface area (Å²) in [4.78, 5) is 0.462. The lowest BCUT2D eigenvalue weighted by atomic mass is 10.7. The van der Waals surface area contributed by atoms with Gasteiger partial charge < -0.3 is 9.94 Å². The van der Waals surface area contributed by atoms with Gasteiger partial charge in [-0.2, -0.15) is 0 Å². The molecule has 4 heteroatoms. The van der Waals surface area contributed by atoms with Crippen molar-refractivity contribution < 1.29 is 9.60 Å². The maximum Gasteiger partial charge on any atom is 0.284 e. The number of hydrogen-bond acceptors (Lipinski definition) is 3. The van der Waals surface area contributed by atoms with Crippen molar-refractivity contribution in [2.75, 3.05) is 20.4 Å². The van der Waals surface area contributed by atoms with Crippen molar-refractivity contribution >= 4 is 0 Å². The number of nitrogens with zero attached hydrogens (tertiary/aromatic N) is 2. The monoisotopic (exact) mass is 130 g/mol. The highest BCUT2D eigenvalue weighted by atomic mass is 16.6. The highest BCUT2D eigenvalue weighted by Crippen LogP contribution is 1.76. The molecule has 0 heterocycles. The van der Waals surface area contributed by atoms with E-state index in [1.165, 1.54) is 7.05 Å². The first-order valence-corrected chi connectivity index (χ1v) is 2.54. The van der Waals surface area contributed by atoms with Crippen LogP contribution < -0.4 is 0 Å². The molecule has 4 nitrogen and oxygen atoms in total. The van der Waals surface area contributed by atoms with Gasteiger partial charge in [0.2, 0.25) is 0 Å². The van der Waals surface area contributed by atoms with Crippen molar-refractivity contribution in [1.82, 2.24) is 0 Å². The van der Waals surface area contributed by atoms with Gasteiger partial charge in [-0.25, -0.2) is 0 Å². The highest BCUT2D eigenvalue weighted by Gasteiger charge is 1.88. The van der Waals surface area contributed by atoms with Gasteiger partial charge in [0, 0.05) is 0 Å². The summed E-state index contributed by atoms with van der Waals surface area (Å²) in [6.45, 7) is 3.77. The van der Waals surface area contributed by atoms with Crippen LogP contribution in [-0.2, 0) is 4.74 Å².